The second-order valence-corrected chi connectivity index (χ2v) is 5.37. The van der Waals surface area contributed by atoms with E-state index in [2.05, 4.69) is 61.3 Å². The van der Waals surface area contributed by atoms with Crippen LogP contribution in [0.1, 0.15) is 32.4 Å². The van der Waals surface area contributed by atoms with Gasteiger partial charge in [0.25, 0.3) is 0 Å². The molecular formula is C14H22N2. The Morgan fingerprint density at radius 1 is 1.25 bits per heavy atom. The van der Waals surface area contributed by atoms with Crippen molar-refractivity contribution in [1.29, 1.82) is 0 Å². The van der Waals surface area contributed by atoms with Gasteiger partial charge in [0.1, 0.15) is 0 Å². The molecule has 2 rings (SSSR count). The molecule has 2 heteroatoms. The summed E-state index contributed by atoms with van der Waals surface area (Å²) in [7, 11) is 0. The van der Waals surface area contributed by atoms with Crippen LogP contribution in [0.15, 0.2) is 30.3 Å². The van der Waals surface area contributed by atoms with Gasteiger partial charge >= 0.3 is 0 Å². The molecule has 1 unspecified atom stereocenters. The zero-order valence-corrected chi connectivity index (χ0v) is 10.5. The van der Waals surface area contributed by atoms with Crippen molar-refractivity contribution in [2.75, 3.05) is 19.6 Å². The Kier molecular flexibility index (Phi) is 3.31. The van der Waals surface area contributed by atoms with Gasteiger partial charge in [-0.3, -0.25) is 4.90 Å². The van der Waals surface area contributed by atoms with Crippen molar-refractivity contribution in [3.8, 4) is 0 Å². The molecule has 88 valence electrons. The van der Waals surface area contributed by atoms with Crippen molar-refractivity contribution in [2.24, 2.45) is 0 Å². The zero-order valence-electron chi connectivity index (χ0n) is 10.5. The highest BCUT2D eigenvalue weighted by atomic mass is 15.2. The molecule has 0 amide bonds. The van der Waals surface area contributed by atoms with Crippen molar-refractivity contribution in [1.82, 2.24) is 10.2 Å². The van der Waals surface area contributed by atoms with Gasteiger partial charge in [0.05, 0.1) is 0 Å². The first-order chi connectivity index (χ1) is 7.58. The van der Waals surface area contributed by atoms with Gasteiger partial charge in [0, 0.05) is 31.2 Å². The van der Waals surface area contributed by atoms with Crippen LogP contribution in [0.2, 0.25) is 0 Å². The van der Waals surface area contributed by atoms with Crippen molar-refractivity contribution < 1.29 is 0 Å². The molecule has 16 heavy (non-hydrogen) atoms. The van der Waals surface area contributed by atoms with Crippen LogP contribution in [-0.4, -0.2) is 30.1 Å². The summed E-state index contributed by atoms with van der Waals surface area (Å²) in [6.45, 7) is 10.2. The average Bonchev–Trinajstić information content (AvgIpc) is 2.28. The summed E-state index contributed by atoms with van der Waals surface area (Å²) in [4.78, 5) is 2.56. The fourth-order valence-corrected chi connectivity index (χ4v) is 2.45. The van der Waals surface area contributed by atoms with Crippen molar-refractivity contribution in [3.05, 3.63) is 35.9 Å². The Bertz CT molecular complexity index is 332. The molecule has 2 nitrogen and oxygen atoms in total. The zero-order chi connectivity index (χ0) is 11.6. The Morgan fingerprint density at radius 3 is 2.56 bits per heavy atom. The van der Waals surface area contributed by atoms with Gasteiger partial charge in [0.2, 0.25) is 0 Å². The number of rotatable bonds is 2. The molecule has 1 N–H and O–H groups in total. The fraction of sp³-hybridized carbons (Fsp3) is 0.571. The molecule has 0 radical (unpaired) electrons. The van der Waals surface area contributed by atoms with Crippen molar-refractivity contribution in [2.45, 2.75) is 32.4 Å². The summed E-state index contributed by atoms with van der Waals surface area (Å²) < 4.78 is 0. The molecule has 0 saturated carbocycles. The minimum atomic E-state index is 0.237. The Balaban J connectivity index is 2.08. The Hall–Kier alpha value is -0.860. The molecule has 1 aliphatic rings. The molecule has 1 aromatic carbocycles. The number of hydrogen-bond acceptors (Lipinski definition) is 2. The van der Waals surface area contributed by atoms with E-state index in [1.165, 1.54) is 5.56 Å². The third-order valence-corrected chi connectivity index (χ3v) is 3.43. The second-order valence-electron chi connectivity index (χ2n) is 5.37. The van der Waals surface area contributed by atoms with Gasteiger partial charge in [-0.1, -0.05) is 30.3 Å². The lowest BCUT2D eigenvalue weighted by Gasteiger charge is -2.42. The summed E-state index contributed by atoms with van der Waals surface area (Å²) in [6.07, 6.45) is 0. The highest BCUT2D eigenvalue weighted by molar-refractivity contribution is 5.18. The van der Waals surface area contributed by atoms with E-state index in [4.69, 9.17) is 0 Å². The molecule has 1 atom stereocenters. The minimum absolute atomic E-state index is 0.237. The summed E-state index contributed by atoms with van der Waals surface area (Å²) in [6, 6.07) is 11.3. The van der Waals surface area contributed by atoms with Crippen LogP contribution in [0.3, 0.4) is 0 Å². The lowest BCUT2D eigenvalue weighted by atomic mass is 9.98. The molecular weight excluding hydrogens is 196 g/mol. The van der Waals surface area contributed by atoms with Gasteiger partial charge in [0.15, 0.2) is 0 Å². The van der Waals surface area contributed by atoms with Crippen LogP contribution in [-0.2, 0) is 0 Å². The van der Waals surface area contributed by atoms with E-state index in [0.717, 1.165) is 19.6 Å². The first-order valence-electron chi connectivity index (χ1n) is 6.12. The number of nitrogens with one attached hydrogen (secondary N) is 1. The SMILES string of the molecule is CC(c1ccccc1)N1CCNC(C)(C)C1. The van der Waals surface area contributed by atoms with E-state index in [0.29, 0.717) is 6.04 Å². The molecule has 1 heterocycles. The van der Waals surface area contributed by atoms with E-state index in [9.17, 15) is 0 Å². The maximum atomic E-state index is 3.55. The van der Waals surface area contributed by atoms with E-state index in [1.54, 1.807) is 0 Å². The summed E-state index contributed by atoms with van der Waals surface area (Å²) in [5, 5.41) is 3.55. The fourth-order valence-electron chi connectivity index (χ4n) is 2.45. The monoisotopic (exact) mass is 218 g/mol. The smallest absolute Gasteiger partial charge is 0.0321 e. The molecule has 0 aliphatic carbocycles. The largest absolute Gasteiger partial charge is 0.309 e. The van der Waals surface area contributed by atoms with E-state index in [-0.39, 0.29) is 5.54 Å². The number of benzene rings is 1. The van der Waals surface area contributed by atoms with Crippen LogP contribution >= 0.6 is 0 Å². The van der Waals surface area contributed by atoms with Crippen LogP contribution in [0.25, 0.3) is 0 Å². The van der Waals surface area contributed by atoms with Gasteiger partial charge in [-0.25, -0.2) is 0 Å². The molecule has 1 aliphatic heterocycles. The lowest BCUT2D eigenvalue weighted by molar-refractivity contribution is 0.117. The van der Waals surface area contributed by atoms with Gasteiger partial charge in [-0.05, 0) is 26.3 Å². The lowest BCUT2D eigenvalue weighted by Crippen LogP contribution is -2.57. The van der Waals surface area contributed by atoms with Crippen LogP contribution in [0, 0.1) is 0 Å². The Morgan fingerprint density at radius 2 is 1.94 bits per heavy atom. The summed E-state index contributed by atoms with van der Waals surface area (Å²) in [5.41, 5.74) is 1.65. The molecule has 0 aromatic heterocycles. The van der Waals surface area contributed by atoms with Crippen LogP contribution < -0.4 is 5.32 Å². The first-order valence-corrected chi connectivity index (χ1v) is 6.12. The predicted molar refractivity (Wildman–Crippen MR) is 68.5 cm³/mol. The van der Waals surface area contributed by atoms with E-state index >= 15 is 0 Å². The predicted octanol–water partition coefficient (Wildman–Crippen LogP) is 2.43. The molecule has 0 spiro atoms. The summed E-state index contributed by atoms with van der Waals surface area (Å²) in [5.74, 6) is 0. The average molecular weight is 218 g/mol. The highest BCUT2D eigenvalue weighted by Crippen LogP contribution is 2.23. The maximum absolute atomic E-state index is 3.55. The van der Waals surface area contributed by atoms with E-state index in [1.807, 2.05) is 0 Å². The third-order valence-electron chi connectivity index (χ3n) is 3.43. The van der Waals surface area contributed by atoms with Crippen LogP contribution in [0.4, 0.5) is 0 Å². The topological polar surface area (TPSA) is 15.3 Å². The maximum Gasteiger partial charge on any atom is 0.0321 e. The van der Waals surface area contributed by atoms with Crippen LogP contribution in [0.5, 0.6) is 0 Å². The molecule has 1 aromatic rings. The third kappa shape index (κ3) is 2.63. The van der Waals surface area contributed by atoms with Gasteiger partial charge < -0.3 is 5.32 Å². The van der Waals surface area contributed by atoms with Crippen molar-refractivity contribution >= 4 is 0 Å². The number of hydrogen-bond donors (Lipinski definition) is 1. The minimum Gasteiger partial charge on any atom is -0.309 e. The van der Waals surface area contributed by atoms with Gasteiger partial charge in [-0.15, -0.1) is 0 Å². The highest BCUT2D eigenvalue weighted by Gasteiger charge is 2.28. The molecule has 1 saturated heterocycles. The van der Waals surface area contributed by atoms with Gasteiger partial charge in [-0.2, -0.15) is 0 Å². The van der Waals surface area contributed by atoms with E-state index < -0.39 is 0 Å². The number of piperazine rings is 1. The standard InChI is InChI=1S/C14H22N2/c1-12(13-7-5-4-6-8-13)16-10-9-15-14(2,3)11-16/h4-8,12,15H,9-11H2,1-3H3. The summed E-state index contributed by atoms with van der Waals surface area (Å²) >= 11 is 0. The van der Waals surface area contributed by atoms with Crippen molar-refractivity contribution in [3.63, 3.8) is 0 Å². The number of nitrogens with zero attached hydrogens (tertiary/aromatic N) is 1. The second kappa shape index (κ2) is 4.56. The normalized spacial score (nSPS) is 22.9. The molecule has 1 fully saturated rings. The Labute approximate surface area is 98.7 Å². The molecule has 0 bridgehead atoms. The quantitative estimate of drug-likeness (QED) is 0.820. The first kappa shape index (κ1) is 11.6.